The Bertz CT molecular complexity index is 414. The highest BCUT2D eigenvalue weighted by Gasteiger charge is 2.18. The Morgan fingerprint density at radius 3 is 3.12 bits per heavy atom. The fraction of sp³-hybridized carbons (Fsp3) is 0.462. The van der Waals surface area contributed by atoms with Gasteiger partial charge in [-0.15, -0.1) is 0 Å². The van der Waals surface area contributed by atoms with Crippen LogP contribution in [0.3, 0.4) is 0 Å². The number of carbonyl (C=O) groups excluding carboxylic acids is 1. The molecule has 1 unspecified atom stereocenters. The minimum absolute atomic E-state index is 0.0732. The van der Waals surface area contributed by atoms with Crippen LogP contribution >= 0.6 is 11.6 Å². The fourth-order valence-electron chi connectivity index (χ4n) is 2.09. The summed E-state index contributed by atoms with van der Waals surface area (Å²) in [6.45, 7) is 3.88. The van der Waals surface area contributed by atoms with Gasteiger partial charge >= 0.3 is 0 Å². The predicted molar refractivity (Wildman–Crippen MR) is 70.4 cm³/mol. The maximum atomic E-state index is 11.8. The highest BCUT2D eigenvalue weighted by Crippen LogP contribution is 2.23. The summed E-state index contributed by atoms with van der Waals surface area (Å²) in [5.41, 5.74) is 1.74. The first-order chi connectivity index (χ1) is 8.16. The van der Waals surface area contributed by atoms with E-state index in [0.29, 0.717) is 17.4 Å². The zero-order valence-electron chi connectivity index (χ0n) is 9.92. The Kier molecular flexibility index (Phi) is 4.02. The van der Waals surface area contributed by atoms with Crippen molar-refractivity contribution in [3.63, 3.8) is 0 Å². The lowest BCUT2D eigenvalue weighted by molar-refractivity contribution is -0.116. The Balaban J connectivity index is 1.95. The third-order valence-electron chi connectivity index (χ3n) is 3.18. The molecule has 17 heavy (non-hydrogen) atoms. The second-order valence-electron chi connectivity index (χ2n) is 4.52. The maximum absolute atomic E-state index is 11.8. The van der Waals surface area contributed by atoms with E-state index in [2.05, 4.69) is 10.6 Å². The average Bonchev–Trinajstić information content (AvgIpc) is 2.77. The van der Waals surface area contributed by atoms with Gasteiger partial charge in [-0.2, -0.15) is 0 Å². The molecule has 4 heteroatoms. The van der Waals surface area contributed by atoms with E-state index in [9.17, 15) is 4.79 Å². The molecular formula is C13H17ClN2O. The molecule has 1 heterocycles. The van der Waals surface area contributed by atoms with E-state index >= 15 is 0 Å². The lowest BCUT2D eigenvalue weighted by Crippen LogP contribution is -2.18. The minimum Gasteiger partial charge on any atom is -0.326 e. The molecule has 0 bridgehead atoms. The summed E-state index contributed by atoms with van der Waals surface area (Å²) in [6.07, 6.45) is 1.67. The van der Waals surface area contributed by atoms with Crippen LogP contribution in [0.4, 0.5) is 5.69 Å². The molecule has 0 saturated carbocycles. The van der Waals surface area contributed by atoms with Crippen LogP contribution < -0.4 is 10.6 Å². The molecule has 92 valence electrons. The molecular weight excluding hydrogens is 236 g/mol. The summed E-state index contributed by atoms with van der Waals surface area (Å²) < 4.78 is 0. The van der Waals surface area contributed by atoms with Gasteiger partial charge in [0.1, 0.15) is 0 Å². The molecule has 1 fully saturated rings. The van der Waals surface area contributed by atoms with E-state index < -0.39 is 0 Å². The SMILES string of the molecule is Cc1c(Cl)cccc1NC(=O)CC1CCNC1. The van der Waals surface area contributed by atoms with Crippen molar-refractivity contribution in [2.45, 2.75) is 19.8 Å². The molecule has 1 amide bonds. The van der Waals surface area contributed by atoms with Crippen molar-refractivity contribution in [2.24, 2.45) is 5.92 Å². The topological polar surface area (TPSA) is 41.1 Å². The Morgan fingerprint density at radius 2 is 2.41 bits per heavy atom. The molecule has 1 aromatic carbocycles. The van der Waals surface area contributed by atoms with Crippen molar-refractivity contribution >= 4 is 23.2 Å². The molecule has 0 aliphatic carbocycles. The monoisotopic (exact) mass is 252 g/mol. The molecule has 2 rings (SSSR count). The summed E-state index contributed by atoms with van der Waals surface area (Å²) in [6, 6.07) is 5.56. The minimum atomic E-state index is 0.0732. The Hall–Kier alpha value is -1.06. The highest BCUT2D eigenvalue weighted by atomic mass is 35.5. The molecule has 3 nitrogen and oxygen atoms in total. The standard InChI is InChI=1S/C13H17ClN2O/c1-9-11(14)3-2-4-12(9)16-13(17)7-10-5-6-15-8-10/h2-4,10,15H,5-8H2,1H3,(H,16,17). The molecule has 0 aromatic heterocycles. The van der Waals surface area contributed by atoms with Crippen molar-refractivity contribution in [1.82, 2.24) is 5.32 Å². The third-order valence-corrected chi connectivity index (χ3v) is 3.59. The van der Waals surface area contributed by atoms with Crippen molar-refractivity contribution in [3.8, 4) is 0 Å². The molecule has 0 spiro atoms. The second-order valence-corrected chi connectivity index (χ2v) is 4.93. The first-order valence-corrected chi connectivity index (χ1v) is 6.30. The summed E-state index contributed by atoms with van der Waals surface area (Å²) in [5.74, 6) is 0.540. The molecule has 1 aliphatic rings. The van der Waals surface area contributed by atoms with Gasteiger partial charge in [0.25, 0.3) is 0 Å². The van der Waals surface area contributed by atoms with E-state index in [0.717, 1.165) is 30.8 Å². The smallest absolute Gasteiger partial charge is 0.224 e. The zero-order valence-corrected chi connectivity index (χ0v) is 10.7. The van der Waals surface area contributed by atoms with E-state index in [4.69, 9.17) is 11.6 Å². The second kappa shape index (κ2) is 5.52. The van der Waals surface area contributed by atoms with Crippen molar-refractivity contribution in [2.75, 3.05) is 18.4 Å². The van der Waals surface area contributed by atoms with Gasteiger partial charge in [0.05, 0.1) is 0 Å². The van der Waals surface area contributed by atoms with Crippen molar-refractivity contribution in [1.29, 1.82) is 0 Å². The normalized spacial score (nSPS) is 19.3. The predicted octanol–water partition coefficient (Wildman–Crippen LogP) is 2.59. The van der Waals surface area contributed by atoms with Gasteiger partial charge in [-0.1, -0.05) is 17.7 Å². The van der Waals surface area contributed by atoms with E-state index in [1.165, 1.54) is 0 Å². The molecule has 2 N–H and O–H groups in total. The van der Waals surface area contributed by atoms with E-state index in [1.807, 2.05) is 25.1 Å². The average molecular weight is 253 g/mol. The van der Waals surface area contributed by atoms with Crippen LogP contribution in [0, 0.1) is 12.8 Å². The van der Waals surface area contributed by atoms with Crippen molar-refractivity contribution in [3.05, 3.63) is 28.8 Å². The van der Waals surface area contributed by atoms with Crippen LogP contribution in [0.1, 0.15) is 18.4 Å². The molecule has 1 aliphatic heterocycles. The Morgan fingerprint density at radius 1 is 1.59 bits per heavy atom. The van der Waals surface area contributed by atoms with Gasteiger partial charge in [-0.05, 0) is 50.0 Å². The first-order valence-electron chi connectivity index (χ1n) is 5.92. The lowest BCUT2D eigenvalue weighted by Gasteiger charge is -2.11. The Labute approximate surface area is 107 Å². The van der Waals surface area contributed by atoms with E-state index in [-0.39, 0.29) is 5.91 Å². The van der Waals surface area contributed by atoms with Gasteiger partial charge in [0, 0.05) is 17.1 Å². The van der Waals surface area contributed by atoms with Crippen LogP contribution in [-0.2, 0) is 4.79 Å². The zero-order chi connectivity index (χ0) is 12.3. The van der Waals surface area contributed by atoms with Gasteiger partial charge in [0.15, 0.2) is 0 Å². The highest BCUT2D eigenvalue weighted by molar-refractivity contribution is 6.31. The molecule has 1 atom stereocenters. The van der Waals surface area contributed by atoms with Gasteiger partial charge in [0.2, 0.25) is 5.91 Å². The van der Waals surface area contributed by atoms with Crippen LogP contribution in [0.25, 0.3) is 0 Å². The van der Waals surface area contributed by atoms with Gasteiger partial charge < -0.3 is 10.6 Å². The molecule has 1 aromatic rings. The number of hydrogen-bond acceptors (Lipinski definition) is 2. The van der Waals surface area contributed by atoms with Crippen LogP contribution in [0.2, 0.25) is 5.02 Å². The summed E-state index contributed by atoms with van der Waals surface area (Å²) in [4.78, 5) is 11.8. The number of anilines is 1. The number of nitrogens with one attached hydrogen (secondary N) is 2. The summed E-state index contributed by atoms with van der Waals surface area (Å²) >= 11 is 6.01. The fourth-order valence-corrected chi connectivity index (χ4v) is 2.27. The third kappa shape index (κ3) is 3.20. The number of amides is 1. The van der Waals surface area contributed by atoms with Crippen molar-refractivity contribution < 1.29 is 4.79 Å². The van der Waals surface area contributed by atoms with Crippen LogP contribution in [0.15, 0.2) is 18.2 Å². The number of carbonyl (C=O) groups is 1. The number of benzene rings is 1. The number of halogens is 1. The lowest BCUT2D eigenvalue weighted by atomic mass is 10.0. The largest absolute Gasteiger partial charge is 0.326 e. The van der Waals surface area contributed by atoms with Crippen LogP contribution in [-0.4, -0.2) is 19.0 Å². The maximum Gasteiger partial charge on any atom is 0.224 e. The van der Waals surface area contributed by atoms with Crippen LogP contribution in [0.5, 0.6) is 0 Å². The first kappa shape index (κ1) is 12.4. The quantitative estimate of drug-likeness (QED) is 0.868. The van der Waals surface area contributed by atoms with E-state index in [1.54, 1.807) is 0 Å². The summed E-state index contributed by atoms with van der Waals surface area (Å²) in [5, 5.41) is 6.87. The van der Waals surface area contributed by atoms with Gasteiger partial charge in [-0.3, -0.25) is 4.79 Å². The number of hydrogen-bond donors (Lipinski definition) is 2. The molecule has 1 saturated heterocycles. The molecule has 0 radical (unpaired) electrons. The van der Waals surface area contributed by atoms with Gasteiger partial charge in [-0.25, -0.2) is 0 Å². The summed E-state index contributed by atoms with van der Waals surface area (Å²) in [7, 11) is 0. The number of rotatable bonds is 3.